The number of hydrogen-bond donors (Lipinski definition) is 1. The lowest BCUT2D eigenvalue weighted by atomic mass is 10.2. The van der Waals surface area contributed by atoms with E-state index in [-0.39, 0.29) is 0 Å². The van der Waals surface area contributed by atoms with Gasteiger partial charge in [-0.25, -0.2) is 0 Å². The first-order chi connectivity index (χ1) is 6.79. The summed E-state index contributed by atoms with van der Waals surface area (Å²) in [6.07, 6.45) is 0.806. The van der Waals surface area contributed by atoms with Gasteiger partial charge in [-0.05, 0) is 24.3 Å². The highest BCUT2D eigenvalue weighted by molar-refractivity contribution is 5.84. The second-order valence-corrected chi connectivity index (χ2v) is 3.12. The molecule has 4 nitrogen and oxygen atoms in total. The summed E-state index contributed by atoms with van der Waals surface area (Å²) in [6, 6.07) is 9.38. The molecule has 4 heteroatoms. The molecule has 0 amide bonds. The van der Waals surface area contributed by atoms with Gasteiger partial charge in [0.15, 0.2) is 0 Å². The number of hydrazone groups is 1. The van der Waals surface area contributed by atoms with Gasteiger partial charge in [0.05, 0.1) is 17.3 Å². The summed E-state index contributed by atoms with van der Waals surface area (Å²) in [7, 11) is 0. The maximum atomic E-state index is 8.62. The largest absolute Gasteiger partial charge is 0.386 e. The van der Waals surface area contributed by atoms with E-state index in [1.807, 2.05) is 17.1 Å². The molecule has 2 N–H and O–H groups in total. The second-order valence-electron chi connectivity index (χ2n) is 3.12. The van der Waals surface area contributed by atoms with E-state index in [0.717, 1.165) is 18.7 Å². The van der Waals surface area contributed by atoms with Gasteiger partial charge in [-0.2, -0.15) is 10.4 Å². The summed E-state index contributed by atoms with van der Waals surface area (Å²) in [5, 5.41) is 14.6. The lowest BCUT2D eigenvalue weighted by Gasteiger charge is -2.12. The van der Waals surface area contributed by atoms with Crippen molar-refractivity contribution in [1.29, 1.82) is 5.26 Å². The molecular weight excluding hydrogens is 176 g/mol. The summed E-state index contributed by atoms with van der Waals surface area (Å²) in [5.74, 6) is 0.661. The van der Waals surface area contributed by atoms with Gasteiger partial charge in [-0.1, -0.05) is 0 Å². The average Bonchev–Trinajstić information content (AvgIpc) is 2.65. The van der Waals surface area contributed by atoms with Gasteiger partial charge in [0.2, 0.25) is 0 Å². The Labute approximate surface area is 82.2 Å². The highest BCUT2D eigenvalue weighted by Gasteiger charge is 2.12. The number of nitriles is 1. The number of amidine groups is 1. The number of benzene rings is 1. The Morgan fingerprint density at radius 2 is 2.07 bits per heavy atom. The third-order valence-corrected chi connectivity index (χ3v) is 2.12. The van der Waals surface area contributed by atoms with Crippen LogP contribution in [0.1, 0.15) is 12.0 Å². The molecular formula is C10H10N4. The number of hydrogen-bond acceptors (Lipinski definition) is 4. The van der Waals surface area contributed by atoms with Gasteiger partial charge in [0.25, 0.3) is 0 Å². The second kappa shape index (κ2) is 3.38. The van der Waals surface area contributed by atoms with Crippen molar-refractivity contribution < 1.29 is 0 Å². The lowest BCUT2D eigenvalue weighted by Crippen LogP contribution is -2.11. The third-order valence-electron chi connectivity index (χ3n) is 2.12. The smallest absolute Gasteiger partial charge is 0.122 e. The molecule has 2 rings (SSSR count). The van der Waals surface area contributed by atoms with Crippen LogP contribution in [0.15, 0.2) is 29.4 Å². The Bertz CT molecular complexity index is 399. The summed E-state index contributed by atoms with van der Waals surface area (Å²) >= 11 is 0. The Morgan fingerprint density at radius 1 is 1.36 bits per heavy atom. The third kappa shape index (κ3) is 1.52. The molecule has 1 aliphatic heterocycles. The Morgan fingerprint density at radius 3 is 2.57 bits per heavy atom. The van der Waals surface area contributed by atoms with E-state index in [2.05, 4.69) is 11.2 Å². The minimum atomic E-state index is 0.657. The van der Waals surface area contributed by atoms with E-state index >= 15 is 0 Å². The van der Waals surface area contributed by atoms with E-state index in [4.69, 9.17) is 11.0 Å². The van der Waals surface area contributed by atoms with Gasteiger partial charge in [0, 0.05) is 13.0 Å². The van der Waals surface area contributed by atoms with Crippen LogP contribution in [0.2, 0.25) is 0 Å². The van der Waals surface area contributed by atoms with Crippen molar-refractivity contribution >= 4 is 11.5 Å². The SMILES string of the molecule is N#Cc1ccc(N2CCC(N)=N2)cc1. The Hall–Kier alpha value is -2.02. The molecule has 0 spiro atoms. The Balaban J connectivity index is 2.22. The van der Waals surface area contributed by atoms with Crippen LogP contribution in [-0.2, 0) is 0 Å². The maximum absolute atomic E-state index is 8.62. The highest BCUT2D eigenvalue weighted by atomic mass is 15.5. The van der Waals surface area contributed by atoms with E-state index in [9.17, 15) is 0 Å². The molecule has 0 saturated carbocycles. The number of nitrogens with two attached hydrogens (primary N) is 1. The van der Waals surface area contributed by atoms with Crippen LogP contribution in [0.3, 0.4) is 0 Å². The maximum Gasteiger partial charge on any atom is 0.122 e. The van der Waals surface area contributed by atoms with Gasteiger partial charge in [0.1, 0.15) is 5.84 Å². The van der Waals surface area contributed by atoms with Gasteiger partial charge >= 0.3 is 0 Å². The topological polar surface area (TPSA) is 65.4 Å². The molecule has 0 atom stereocenters. The molecule has 1 heterocycles. The van der Waals surface area contributed by atoms with Crippen molar-refractivity contribution in [3.63, 3.8) is 0 Å². The van der Waals surface area contributed by atoms with Crippen molar-refractivity contribution in [2.75, 3.05) is 11.6 Å². The normalized spacial score (nSPS) is 15.1. The van der Waals surface area contributed by atoms with E-state index in [1.165, 1.54) is 0 Å². The van der Waals surface area contributed by atoms with Crippen LogP contribution < -0.4 is 10.7 Å². The molecule has 1 aliphatic rings. The minimum absolute atomic E-state index is 0.657. The van der Waals surface area contributed by atoms with Gasteiger partial charge in [-0.15, -0.1) is 0 Å². The van der Waals surface area contributed by atoms with Crippen LogP contribution >= 0.6 is 0 Å². The molecule has 1 aromatic carbocycles. The predicted octanol–water partition coefficient (Wildman–Crippen LogP) is 1.04. The fourth-order valence-electron chi connectivity index (χ4n) is 1.37. The van der Waals surface area contributed by atoms with Gasteiger partial charge < -0.3 is 5.73 Å². The first-order valence-corrected chi connectivity index (χ1v) is 4.40. The standard InChI is InChI=1S/C10H10N4/c11-7-8-1-3-9(4-2-8)14-6-5-10(12)13-14/h1-4H,5-6H2,(H2,12,13). The fourth-order valence-corrected chi connectivity index (χ4v) is 1.37. The Kier molecular flexibility index (Phi) is 2.07. The molecule has 0 fully saturated rings. The van der Waals surface area contributed by atoms with Crippen molar-refractivity contribution in [3.8, 4) is 6.07 Å². The number of anilines is 1. The predicted molar refractivity (Wildman–Crippen MR) is 54.7 cm³/mol. The van der Waals surface area contributed by atoms with E-state index < -0.39 is 0 Å². The lowest BCUT2D eigenvalue weighted by molar-refractivity contribution is 0.922. The minimum Gasteiger partial charge on any atom is -0.386 e. The monoisotopic (exact) mass is 186 g/mol. The summed E-state index contributed by atoms with van der Waals surface area (Å²) in [5.41, 5.74) is 7.21. The zero-order valence-corrected chi connectivity index (χ0v) is 7.64. The average molecular weight is 186 g/mol. The summed E-state index contributed by atoms with van der Waals surface area (Å²) < 4.78 is 0. The molecule has 0 unspecified atom stereocenters. The summed E-state index contributed by atoms with van der Waals surface area (Å²) in [6.45, 7) is 0.817. The van der Waals surface area contributed by atoms with Crippen LogP contribution in [-0.4, -0.2) is 12.4 Å². The quantitative estimate of drug-likeness (QED) is 0.712. The van der Waals surface area contributed by atoms with Crippen LogP contribution in [0.5, 0.6) is 0 Å². The zero-order chi connectivity index (χ0) is 9.97. The molecule has 0 saturated heterocycles. The van der Waals surface area contributed by atoms with Crippen LogP contribution in [0.25, 0.3) is 0 Å². The fraction of sp³-hybridized carbons (Fsp3) is 0.200. The van der Waals surface area contributed by atoms with Crippen molar-refractivity contribution in [2.24, 2.45) is 10.8 Å². The first kappa shape index (κ1) is 8.57. The molecule has 14 heavy (non-hydrogen) atoms. The van der Waals surface area contributed by atoms with Gasteiger partial charge in [-0.3, -0.25) is 5.01 Å². The van der Waals surface area contributed by atoms with Crippen molar-refractivity contribution in [1.82, 2.24) is 0 Å². The molecule has 1 aromatic rings. The van der Waals surface area contributed by atoms with Crippen molar-refractivity contribution in [2.45, 2.75) is 6.42 Å². The first-order valence-electron chi connectivity index (χ1n) is 4.40. The van der Waals surface area contributed by atoms with Crippen LogP contribution in [0, 0.1) is 11.3 Å². The molecule has 70 valence electrons. The molecule has 0 aliphatic carbocycles. The van der Waals surface area contributed by atoms with Crippen molar-refractivity contribution in [3.05, 3.63) is 29.8 Å². The van der Waals surface area contributed by atoms with E-state index in [1.54, 1.807) is 12.1 Å². The summed E-state index contributed by atoms with van der Waals surface area (Å²) in [4.78, 5) is 0. The number of nitrogens with zero attached hydrogens (tertiary/aromatic N) is 3. The molecule has 0 aromatic heterocycles. The zero-order valence-electron chi connectivity index (χ0n) is 7.64. The van der Waals surface area contributed by atoms with Crippen LogP contribution in [0.4, 0.5) is 5.69 Å². The number of rotatable bonds is 1. The highest BCUT2D eigenvalue weighted by Crippen LogP contribution is 2.18. The van der Waals surface area contributed by atoms with E-state index in [0.29, 0.717) is 11.4 Å². The molecule has 0 bridgehead atoms. The molecule has 0 radical (unpaired) electrons.